The first-order chi connectivity index (χ1) is 7.66. The van der Waals surface area contributed by atoms with E-state index in [4.69, 9.17) is 0 Å². The standard InChI is InChI=1S/C10H14N4O2/c1-13-7-9(14(15)16)10(12-13)11-8-5-3-2-4-6-8/h2-3,7-8H,4-6H2,1H3,(H,11,12). The van der Waals surface area contributed by atoms with Crippen LogP contribution >= 0.6 is 0 Å². The predicted octanol–water partition coefficient (Wildman–Crippen LogP) is 1.85. The third kappa shape index (κ3) is 2.21. The van der Waals surface area contributed by atoms with Gasteiger partial charge in [0.05, 0.1) is 4.92 Å². The molecule has 0 aromatic carbocycles. The van der Waals surface area contributed by atoms with E-state index in [2.05, 4.69) is 22.6 Å². The third-order valence-corrected chi connectivity index (χ3v) is 2.62. The van der Waals surface area contributed by atoms with Crippen LogP contribution in [0.4, 0.5) is 11.5 Å². The monoisotopic (exact) mass is 222 g/mol. The highest BCUT2D eigenvalue weighted by molar-refractivity contribution is 5.55. The number of aromatic nitrogens is 2. The maximum absolute atomic E-state index is 10.8. The number of aryl methyl sites for hydroxylation is 1. The molecule has 1 atom stereocenters. The topological polar surface area (TPSA) is 73.0 Å². The smallest absolute Gasteiger partial charge is 0.330 e. The molecule has 6 heteroatoms. The van der Waals surface area contributed by atoms with E-state index in [-0.39, 0.29) is 11.7 Å². The molecular formula is C10H14N4O2. The van der Waals surface area contributed by atoms with E-state index in [9.17, 15) is 10.1 Å². The van der Waals surface area contributed by atoms with Crippen molar-refractivity contribution in [3.8, 4) is 0 Å². The quantitative estimate of drug-likeness (QED) is 0.481. The molecule has 0 spiro atoms. The minimum Gasteiger partial charge on any atom is -0.360 e. The van der Waals surface area contributed by atoms with E-state index in [1.54, 1.807) is 7.05 Å². The molecule has 6 nitrogen and oxygen atoms in total. The summed E-state index contributed by atoms with van der Waals surface area (Å²) in [6.45, 7) is 0. The Hall–Kier alpha value is -1.85. The molecule has 0 fully saturated rings. The van der Waals surface area contributed by atoms with Crippen molar-refractivity contribution in [3.63, 3.8) is 0 Å². The molecule has 2 rings (SSSR count). The van der Waals surface area contributed by atoms with Crippen LogP contribution in [-0.4, -0.2) is 20.7 Å². The number of nitrogens with zero attached hydrogens (tertiary/aromatic N) is 3. The van der Waals surface area contributed by atoms with Crippen molar-refractivity contribution in [2.24, 2.45) is 7.05 Å². The van der Waals surface area contributed by atoms with Gasteiger partial charge < -0.3 is 5.32 Å². The van der Waals surface area contributed by atoms with Crippen molar-refractivity contribution in [3.05, 3.63) is 28.5 Å². The van der Waals surface area contributed by atoms with E-state index in [0.29, 0.717) is 5.82 Å². The van der Waals surface area contributed by atoms with Gasteiger partial charge >= 0.3 is 5.69 Å². The lowest BCUT2D eigenvalue weighted by Crippen LogP contribution is -2.21. The number of hydrogen-bond acceptors (Lipinski definition) is 4. The van der Waals surface area contributed by atoms with Crippen LogP contribution in [0.2, 0.25) is 0 Å². The van der Waals surface area contributed by atoms with Gasteiger partial charge in [-0.25, -0.2) is 0 Å². The molecule has 0 aliphatic heterocycles. The van der Waals surface area contributed by atoms with Crippen LogP contribution in [-0.2, 0) is 7.05 Å². The Labute approximate surface area is 93.1 Å². The Balaban J connectivity index is 2.13. The fraction of sp³-hybridized carbons (Fsp3) is 0.500. The first-order valence-electron chi connectivity index (χ1n) is 5.26. The second-order valence-corrected chi connectivity index (χ2v) is 3.92. The number of nitro groups is 1. The summed E-state index contributed by atoms with van der Waals surface area (Å²) in [4.78, 5) is 10.4. The zero-order valence-electron chi connectivity index (χ0n) is 9.09. The van der Waals surface area contributed by atoms with E-state index in [0.717, 1.165) is 19.3 Å². The van der Waals surface area contributed by atoms with Gasteiger partial charge in [-0.1, -0.05) is 12.2 Å². The zero-order valence-corrected chi connectivity index (χ0v) is 9.09. The number of hydrogen-bond donors (Lipinski definition) is 1. The van der Waals surface area contributed by atoms with Crippen LogP contribution in [0, 0.1) is 10.1 Å². The lowest BCUT2D eigenvalue weighted by molar-refractivity contribution is -0.384. The van der Waals surface area contributed by atoms with Crippen LogP contribution in [0.3, 0.4) is 0 Å². The van der Waals surface area contributed by atoms with E-state index >= 15 is 0 Å². The van der Waals surface area contributed by atoms with Crippen molar-refractivity contribution < 1.29 is 4.92 Å². The molecule has 1 aliphatic rings. The maximum atomic E-state index is 10.8. The van der Waals surface area contributed by atoms with Gasteiger partial charge in [0.15, 0.2) is 0 Å². The summed E-state index contributed by atoms with van der Waals surface area (Å²) in [5.74, 6) is 0.368. The van der Waals surface area contributed by atoms with Crippen molar-refractivity contribution >= 4 is 11.5 Å². The SMILES string of the molecule is Cn1cc([N+](=O)[O-])c(NC2CC=CCC2)n1. The van der Waals surface area contributed by atoms with Crippen molar-refractivity contribution in [1.29, 1.82) is 0 Å². The average Bonchev–Trinajstić information content (AvgIpc) is 2.61. The fourth-order valence-electron chi connectivity index (χ4n) is 1.83. The van der Waals surface area contributed by atoms with E-state index in [1.165, 1.54) is 10.9 Å². The maximum Gasteiger partial charge on any atom is 0.330 e. The molecule has 16 heavy (non-hydrogen) atoms. The second-order valence-electron chi connectivity index (χ2n) is 3.92. The van der Waals surface area contributed by atoms with Gasteiger partial charge in [-0.2, -0.15) is 0 Å². The minimum atomic E-state index is -0.409. The average molecular weight is 222 g/mol. The predicted molar refractivity (Wildman–Crippen MR) is 60.3 cm³/mol. The molecule has 0 radical (unpaired) electrons. The number of anilines is 1. The molecular weight excluding hydrogens is 208 g/mol. The molecule has 1 aliphatic carbocycles. The summed E-state index contributed by atoms with van der Waals surface area (Å²) >= 11 is 0. The molecule has 1 N–H and O–H groups in total. The molecule has 86 valence electrons. The van der Waals surface area contributed by atoms with Gasteiger partial charge in [0.1, 0.15) is 6.20 Å². The van der Waals surface area contributed by atoms with Gasteiger partial charge in [0.25, 0.3) is 0 Å². The number of rotatable bonds is 3. The van der Waals surface area contributed by atoms with Gasteiger partial charge in [0.2, 0.25) is 5.82 Å². The lowest BCUT2D eigenvalue weighted by atomic mass is 10.0. The van der Waals surface area contributed by atoms with Crippen molar-refractivity contribution in [2.45, 2.75) is 25.3 Å². The molecule has 1 aromatic heterocycles. The highest BCUT2D eigenvalue weighted by Gasteiger charge is 2.21. The van der Waals surface area contributed by atoms with Gasteiger partial charge in [0, 0.05) is 13.1 Å². The van der Waals surface area contributed by atoms with Crippen molar-refractivity contribution in [2.75, 3.05) is 5.32 Å². The van der Waals surface area contributed by atoms with Gasteiger partial charge in [-0.15, -0.1) is 5.10 Å². The molecule has 0 saturated heterocycles. The van der Waals surface area contributed by atoms with Crippen LogP contribution in [0.5, 0.6) is 0 Å². The Morgan fingerprint density at radius 2 is 2.44 bits per heavy atom. The Kier molecular flexibility index (Phi) is 2.89. The highest BCUT2D eigenvalue weighted by atomic mass is 16.6. The zero-order chi connectivity index (χ0) is 11.5. The Morgan fingerprint density at radius 1 is 1.62 bits per heavy atom. The summed E-state index contributed by atoms with van der Waals surface area (Å²) in [5.41, 5.74) is 0.0389. The summed E-state index contributed by atoms with van der Waals surface area (Å²) in [6.07, 6.45) is 8.54. The van der Waals surface area contributed by atoms with Crippen LogP contribution < -0.4 is 5.32 Å². The molecule has 1 heterocycles. The van der Waals surface area contributed by atoms with Crippen molar-refractivity contribution in [1.82, 2.24) is 9.78 Å². The lowest BCUT2D eigenvalue weighted by Gasteiger charge is -2.18. The molecule has 0 amide bonds. The number of allylic oxidation sites excluding steroid dienone is 1. The normalized spacial score (nSPS) is 19.7. The van der Waals surface area contributed by atoms with E-state index < -0.39 is 4.92 Å². The first-order valence-corrected chi connectivity index (χ1v) is 5.26. The Bertz CT molecular complexity index is 424. The summed E-state index contributed by atoms with van der Waals surface area (Å²) < 4.78 is 1.46. The summed E-state index contributed by atoms with van der Waals surface area (Å²) in [7, 11) is 1.68. The highest BCUT2D eigenvalue weighted by Crippen LogP contribution is 2.24. The third-order valence-electron chi connectivity index (χ3n) is 2.62. The Morgan fingerprint density at radius 3 is 3.06 bits per heavy atom. The van der Waals surface area contributed by atoms with Crippen LogP contribution in [0.15, 0.2) is 18.3 Å². The molecule has 1 aromatic rings. The second kappa shape index (κ2) is 4.34. The molecule has 1 unspecified atom stereocenters. The largest absolute Gasteiger partial charge is 0.360 e. The van der Waals surface area contributed by atoms with Crippen LogP contribution in [0.25, 0.3) is 0 Å². The molecule has 0 bridgehead atoms. The van der Waals surface area contributed by atoms with Crippen LogP contribution in [0.1, 0.15) is 19.3 Å². The first kappa shape index (κ1) is 10.7. The number of nitrogens with one attached hydrogen (secondary N) is 1. The van der Waals surface area contributed by atoms with Gasteiger partial charge in [-0.3, -0.25) is 14.8 Å². The molecule has 0 saturated carbocycles. The fourth-order valence-corrected chi connectivity index (χ4v) is 1.83. The summed E-state index contributed by atoms with van der Waals surface area (Å²) in [6, 6.07) is 0.249. The van der Waals surface area contributed by atoms with E-state index in [1.807, 2.05) is 0 Å². The minimum absolute atomic E-state index is 0.0389. The van der Waals surface area contributed by atoms with Gasteiger partial charge in [-0.05, 0) is 19.3 Å². The summed E-state index contributed by atoms with van der Waals surface area (Å²) in [5, 5.41) is 18.0.